The molecular formula is C13H15Br2N3. The van der Waals surface area contributed by atoms with Crippen LogP contribution in [0.5, 0.6) is 0 Å². The van der Waals surface area contributed by atoms with Crippen molar-refractivity contribution in [2.24, 2.45) is 0 Å². The molecule has 0 spiro atoms. The molecule has 3 nitrogen and oxygen atoms in total. The largest absolute Gasteiger partial charge is 0.349 e. The zero-order valence-corrected chi connectivity index (χ0v) is 13.3. The minimum atomic E-state index is 0.259. The van der Waals surface area contributed by atoms with E-state index in [1.165, 1.54) is 5.56 Å². The van der Waals surface area contributed by atoms with Gasteiger partial charge in [-0.2, -0.15) is 0 Å². The van der Waals surface area contributed by atoms with Crippen LogP contribution in [0.15, 0.2) is 39.5 Å². The summed E-state index contributed by atoms with van der Waals surface area (Å²) in [5, 5.41) is 3.49. The lowest BCUT2D eigenvalue weighted by atomic mass is 10.0. The van der Waals surface area contributed by atoms with E-state index in [4.69, 9.17) is 0 Å². The van der Waals surface area contributed by atoms with Gasteiger partial charge in [-0.3, -0.25) is 0 Å². The van der Waals surface area contributed by atoms with Crippen molar-refractivity contribution < 1.29 is 0 Å². The van der Waals surface area contributed by atoms with E-state index in [1.54, 1.807) is 6.20 Å². The van der Waals surface area contributed by atoms with Crippen LogP contribution in [-0.2, 0) is 6.42 Å². The molecule has 0 radical (unpaired) electrons. The standard InChI is InChI=1S/C13H15Br2N3/c1-2-16-12(8-13-17-3-4-18-13)9-5-10(14)7-11(15)6-9/h3-7,12,16H,2,8H2,1H3,(H,17,18). The molecule has 0 aliphatic heterocycles. The molecule has 0 fully saturated rings. The van der Waals surface area contributed by atoms with Crippen LogP contribution in [-0.4, -0.2) is 16.5 Å². The summed E-state index contributed by atoms with van der Waals surface area (Å²) >= 11 is 7.06. The summed E-state index contributed by atoms with van der Waals surface area (Å²) < 4.78 is 2.16. The lowest BCUT2D eigenvalue weighted by molar-refractivity contribution is 0.539. The van der Waals surface area contributed by atoms with Crippen LogP contribution in [0.1, 0.15) is 24.4 Å². The molecule has 1 aromatic carbocycles. The molecule has 1 unspecified atom stereocenters. The topological polar surface area (TPSA) is 40.7 Å². The van der Waals surface area contributed by atoms with Crippen molar-refractivity contribution in [3.8, 4) is 0 Å². The minimum absolute atomic E-state index is 0.259. The molecule has 0 aliphatic rings. The van der Waals surface area contributed by atoms with Crippen LogP contribution in [0.4, 0.5) is 0 Å². The van der Waals surface area contributed by atoms with Crippen molar-refractivity contribution in [3.63, 3.8) is 0 Å². The van der Waals surface area contributed by atoms with Gasteiger partial charge in [0.1, 0.15) is 5.82 Å². The highest BCUT2D eigenvalue weighted by molar-refractivity contribution is 9.11. The Bertz CT molecular complexity index is 477. The highest BCUT2D eigenvalue weighted by atomic mass is 79.9. The van der Waals surface area contributed by atoms with Crippen LogP contribution in [0.2, 0.25) is 0 Å². The molecule has 0 aliphatic carbocycles. The van der Waals surface area contributed by atoms with E-state index in [9.17, 15) is 0 Å². The highest BCUT2D eigenvalue weighted by Crippen LogP contribution is 2.25. The summed E-state index contributed by atoms with van der Waals surface area (Å²) in [6.07, 6.45) is 4.49. The second-order valence-electron chi connectivity index (χ2n) is 4.05. The molecule has 18 heavy (non-hydrogen) atoms. The molecule has 1 aromatic heterocycles. The van der Waals surface area contributed by atoms with E-state index < -0.39 is 0 Å². The molecular weight excluding hydrogens is 358 g/mol. The molecule has 1 heterocycles. The van der Waals surface area contributed by atoms with E-state index >= 15 is 0 Å². The van der Waals surface area contributed by atoms with Gasteiger partial charge in [0.05, 0.1) is 0 Å². The Labute approximate surface area is 124 Å². The number of benzene rings is 1. The summed E-state index contributed by atoms with van der Waals surface area (Å²) in [7, 11) is 0. The summed E-state index contributed by atoms with van der Waals surface area (Å²) in [5.41, 5.74) is 1.24. The maximum absolute atomic E-state index is 4.29. The number of rotatable bonds is 5. The average molecular weight is 373 g/mol. The number of nitrogens with one attached hydrogen (secondary N) is 2. The van der Waals surface area contributed by atoms with E-state index in [1.807, 2.05) is 12.3 Å². The predicted octanol–water partition coefficient (Wildman–Crippen LogP) is 3.83. The molecule has 1 atom stereocenters. The molecule has 2 aromatic rings. The second-order valence-corrected chi connectivity index (χ2v) is 5.88. The Morgan fingerprint density at radius 2 is 2.00 bits per heavy atom. The van der Waals surface area contributed by atoms with Gasteiger partial charge in [0.15, 0.2) is 0 Å². The molecule has 96 valence electrons. The molecule has 0 saturated heterocycles. The molecule has 0 saturated carbocycles. The Hall–Kier alpha value is -0.650. The highest BCUT2D eigenvalue weighted by Gasteiger charge is 2.13. The predicted molar refractivity (Wildman–Crippen MR) is 80.6 cm³/mol. The van der Waals surface area contributed by atoms with E-state index in [0.717, 1.165) is 27.7 Å². The molecule has 0 bridgehead atoms. The molecule has 0 amide bonds. The van der Waals surface area contributed by atoms with Crippen molar-refractivity contribution in [1.29, 1.82) is 0 Å². The zero-order chi connectivity index (χ0) is 13.0. The average Bonchev–Trinajstić information content (AvgIpc) is 2.80. The Morgan fingerprint density at radius 1 is 1.28 bits per heavy atom. The van der Waals surface area contributed by atoms with Crippen LogP contribution in [0, 0.1) is 0 Å². The minimum Gasteiger partial charge on any atom is -0.349 e. The monoisotopic (exact) mass is 371 g/mol. The van der Waals surface area contributed by atoms with Crippen molar-refractivity contribution in [3.05, 3.63) is 50.9 Å². The lowest BCUT2D eigenvalue weighted by Crippen LogP contribution is -2.23. The lowest BCUT2D eigenvalue weighted by Gasteiger charge is -2.18. The van der Waals surface area contributed by atoms with Gasteiger partial charge in [0.25, 0.3) is 0 Å². The summed E-state index contributed by atoms with van der Waals surface area (Å²) in [6, 6.07) is 6.58. The SMILES string of the molecule is CCNC(Cc1ncc[nH]1)c1cc(Br)cc(Br)c1. The summed E-state index contributed by atoms with van der Waals surface area (Å²) in [5.74, 6) is 0.997. The molecule has 5 heteroatoms. The van der Waals surface area contributed by atoms with Gasteiger partial charge < -0.3 is 10.3 Å². The van der Waals surface area contributed by atoms with E-state index in [-0.39, 0.29) is 6.04 Å². The number of aromatic amines is 1. The van der Waals surface area contributed by atoms with Gasteiger partial charge in [-0.1, -0.05) is 38.8 Å². The van der Waals surface area contributed by atoms with E-state index in [0.29, 0.717) is 0 Å². The van der Waals surface area contributed by atoms with Crippen LogP contribution in [0.25, 0.3) is 0 Å². The van der Waals surface area contributed by atoms with Crippen LogP contribution >= 0.6 is 31.9 Å². The number of imidazole rings is 1. The molecule has 2 rings (SSSR count). The van der Waals surface area contributed by atoms with Crippen molar-refractivity contribution >= 4 is 31.9 Å². The van der Waals surface area contributed by atoms with Gasteiger partial charge in [0, 0.05) is 33.8 Å². The van der Waals surface area contributed by atoms with Crippen molar-refractivity contribution in [2.75, 3.05) is 6.54 Å². The van der Waals surface area contributed by atoms with Gasteiger partial charge in [-0.15, -0.1) is 0 Å². The maximum atomic E-state index is 4.29. The third-order valence-corrected chi connectivity index (χ3v) is 3.61. The first-order valence-electron chi connectivity index (χ1n) is 5.86. The Morgan fingerprint density at radius 3 is 2.56 bits per heavy atom. The molecule has 2 N–H and O–H groups in total. The van der Waals surface area contributed by atoms with Gasteiger partial charge >= 0.3 is 0 Å². The number of nitrogens with zero attached hydrogens (tertiary/aromatic N) is 1. The fourth-order valence-electron chi connectivity index (χ4n) is 1.93. The van der Waals surface area contributed by atoms with E-state index in [2.05, 4.69) is 66.2 Å². The van der Waals surface area contributed by atoms with Gasteiger partial charge in [-0.05, 0) is 30.3 Å². The fourth-order valence-corrected chi connectivity index (χ4v) is 3.26. The first kappa shape index (κ1) is 13.8. The maximum Gasteiger partial charge on any atom is 0.107 e. The zero-order valence-electron chi connectivity index (χ0n) is 10.1. The number of H-pyrrole nitrogens is 1. The van der Waals surface area contributed by atoms with Crippen LogP contribution < -0.4 is 5.32 Å². The third kappa shape index (κ3) is 3.67. The Balaban J connectivity index is 2.23. The fraction of sp³-hybridized carbons (Fsp3) is 0.308. The smallest absolute Gasteiger partial charge is 0.107 e. The second kappa shape index (κ2) is 6.50. The van der Waals surface area contributed by atoms with Crippen molar-refractivity contribution in [2.45, 2.75) is 19.4 Å². The van der Waals surface area contributed by atoms with Crippen LogP contribution in [0.3, 0.4) is 0 Å². The van der Waals surface area contributed by atoms with Gasteiger partial charge in [-0.25, -0.2) is 4.98 Å². The number of halogens is 2. The first-order valence-corrected chi connectivity index (χ1v) is 7.45. The number of likely N-dealkylation sites (N-methyl/N-ethyl adjacent to an activating group) is 1. The normalized spacial score (nSPS) is 12.6. The third-order valence-electron chi connectivity index (χ3n) is 2.69. The van der Waals surface area contributed by atoms with Crippen molar-refractivity contribution in [1.82, 2.24) is 15.3 Å². The number of aromatic nitrogens is 2. The number of hydrogen-bond acceptors (Lipinski definition) is 2. The Kier molecular flexibility index (Phi) is 4.97. The van der Waals surface area contributed by atoms with Gasteiger partial charge in [0.2, 0.25) is 0 Å². The summed E-state index contributed by atoms with van der Waals surface area (Å²) in [6.45, 7) is 3.04. The number of hydrogen-bond donors (Lipinski definition) is 2. The first-order chi connectivity index (χ1) is 8.69. The quantitative estimate of drug-likeness (QED) is 0.837. The summed E-state index contributed by atoms with van der Waals surface area (Å²) in [4.78, 5) is 7.44.